The molecule has 2 N–H and O–H groups in total. The molecule has 1 fully saturated rings. The molecule has 2 aromatic heterocycles. The quantitative estimate of drug-likeness (QED) is 0.261. The fraction of sp³-hybridized carbons (Fsp3) is 0.233. The maximum Gasteiger partial charge on any atom is 0.264 e. The Labute approximate surface area is 252 Å². The zero-order chi connectivity index (χ0) is 31.4. The number of carbonyl (C=O) groups excluding carboxylic acids is 2. The van der Waals surface area contributed by atoms with Crippen LogP contribution in [0.1, 0.15) is 19.8 Å². The molecule has 44 heavy (non-hydrogen) atoms. The summed E-state index contributed by atoms with van der Waals surface area (Å²) in [6, 6.07) is 9.13. The Bertz CT molecular complexity index is 1880. The van der Waals surface area contributed by atoms with Gasteiger partial charge in [-0.15, -0.1) is 0 Å². The number of nitrogens with zero attached hydrogens (tertiary/aromatic N) is 4. The van der Waals surface area contributed by atoms with E-state index in [9.17, 15) is 26.8 Å². The molecule has 0 atom stereocenters. The zero-order valence-electron chi connectivity index (χ0n) is 23.8. The predicted molar refractivity (Wildman–Crippen MR) is 160 cm³/mol. The number of likely N-dealkylation sites (tertiary alicyclic amines) is 1. The van der Waals surface area contributed by atoms with Crippen molar-refractivity contribution in [2.75, 3.05) is 30.2 Å². The van der Waals surface area contributed by atoms with Crippen molar-refractivity contribution in [1.82, 2.24) is 19.9 Å². The third kappa shape index (κ3) is 6.80. The molecule has 0 unspecified atom stereocenters. The highest BCUT2D eigenvalue weighted by Crippen LogP contribution is 2.33. The van der Waals surface area contributed by atoms with E-state index in [1.165, 1.54) is 44.8 Å². The summed E-state index contributed by atoms with van der Waals surface area (Å²) >= 11 is 0. The molecule has 4 aromatic rings. The van der Waals surface area contributed by atoms with Crippen LogP contribution in [0.15, 0.2) is 72.0 Å². The average Bonchev–Trinajstić information content (AvgIpc) is 2.99. The fourth-order valence-corrected chi connectivity index (χ4v) is 5.93. The average molecular weight is 623 g/mol. The molecule has 0 bridgehead atoms. The first-order chi connectivity index (χ1) is 21.0. The number of hydrogen-bond donors (Lipinski definition) is 2. The van der Waals surface area contributed by atoms with E-state index >= 15 is 0 Å². The number of amides is 1. The van der Waals surface area contributed by atoms with Gasteiger partial charge in [0.25, 0.3) is 10.0 Å². The SMILES string of the molecule is COc1ncc(-c2ccc3ncnc(NC4CCN(C(=O)/C=C/C(C)=O)CC4)c3c2)cc1NS(=O)(=O)c1ccc(F)cc1F. The molecule has 3 heterocycles. The highest BCUT2D eigenvalue weighted by atomic mass is 32.2. The van der Waals surface area contributed by atoms with E-state index in [4.69, 9.17) is 4.74 Å². The molecule has 0 spiro atoms. The molecule has 0 aliphatic carbocycles. The van der Waals surface area contributed by atoms with Crippen molar-refractivity contribution in [2.24, 2.45) is 0 Å². The Hall–Kier alpha value is -4.98. The van der Waals surface area contributed by atoms with Crippen LogP contribution in [0.2, 0.25) is 0 Å². The maximum absolute atomic E-state index is 14.3. The minimum atomic E-state index is -4.45. The number of allylic oxidation sites excluding steroid dienone is 1. The number of ether oxygens (including phenoxy) is 1. The van der Waals surface area contributed by atoms with Gasteiger partial charge in [0, 0.05) is 48.4 Å². The third-order valence-electron chi connectivity index (χ3n) is 7.05. The van der Waals surface area contributed by atoms with Gasteiger partial charge in [0.15, 0.2) is 5.78 Å². The Morgan fingerprint density at radius 3 is 2.48 bits per heavy atom. The summed E-state index contributed by atoms with van der Waals surface area (Å²) < 4.78 is 61.1. The van der Waals surface area contributed by atoms with E-state index in [1.807, 2.05) is 6.07 Å². The second kappa shape index (κ2) is 12.7. The van der Waals surface area contributed by atoms with Crippen LogP contribution in [0, 0.1) is 11.6 Å². The number of rotatable bonds is 9. The van der Waals surface area contributed by atoms with Crippen LogP contribution in [0.3, 0.4) is 0 Å². The van der Waals surface area contributed by atoms with Gasteiger partial charge in [-0.1, -0.05) is 6.07 Å². The molecule has 1 aliphatic heterocycles. The van der Waals surface area contributed by atoms with Crippen LogP contribution in [0.25, 0.3) is 22.0 Å². The van der Waals surface area contributed by atoms with Crippen LogP contribution in [-0.2, 0) is 19.6 Å². The molecule has 5 rings (SSSR count). The Balaban J connectivity index is 1.38. The number of carbonyl (C=O) groups is 2. The highest BCUT2D eigenvalue weighted by molar-refractivity contribution is 7.92. The summed E-state index contributed by atoms with van der Waals surface area (Å²) in [5.41, 5.74) is 1.81. The first-order valence-electron chi connectivity index (χ1n) is 13.5. The summed E-state index contributed by atoms with van der Waals surface area (Å²) in [5.74, 6) is -1.99. The molecule has 0 radical (unpaired) electrons. The number of pyridine rings is 1. The number of piperidine rings is 1. The maximum atomic E-state index is 14.3. The van der Waals surface area contributed by atoms with Gasteiger partial charge in [-0.05, 0) is 61.7 Å². The molecule has 1 saturated heterocycles. The number of sulfonamides is 1. The van der Waals surface area contributed by atoms with Crippen molar-refractivity contribution >= 4 is 44.1 Å². The summed E-state index contributed by atoms with van der Waals surface area (Å²) in [5, 5.41) is 4.16. The number of anilines is 2. The number of halogens is 2. The van der Waals surface area contributed by atoms with E-state index in [-0.39, 0.29) is 29.3 Å². The first-order valence-corrected chi connectivity index (χ1v) is 15.0. The Kier molecular flexibility index (Phi) is 8.81. The van der Waals surface area contributed by atoms with Crippen molar-refractivity contribution in [3.05, 3.63) is 78.8 Å². The number of hydrogen-bond acceptors (Lipinski definition) is 9. The Morgan fingerprint density at radius 2 is 1.77 bits per heavy atom. The lowest BCUT2D eigenvalue weighted by molar-refractivity contribution is -0.127. The van der Waals surface area contributed by atoms with Gasteiger partial charge >= 0.3 is 0 Å². The number of benzene rings is 2. The number of fused-ring (bicyclic) bond motifs is 1. The standard InChI is InChI=1S/C30H28F2N6O5S/c1-18(39)3-8-28(40)38-11-9-22(10-12-38)36-29-23-13-19(4-6-25(23)34-17-35-29)20-14-26(30(43-2)33-16-20)37-44(41,42)27-7-5-21(31)15-24(27)32/h3-8,13-17,22,37H,9-12H2,1-2H3,(H,34,35,36)/b8-3+. The van der Waals surface area contributed by atoms with Gasteiger partial charge in [0.1, 0.15) is 34.4 Å². The van der Waals surface area contributed by atoms with Gasteiger partial charge < -0.3 is 15.0 Å². The lowest BCUT2D eigenvalue weighted by Crippen LogP contribution is -2.41. The van der Waals surface area contributed by atoms with Crippen LogP contribution < -0.4 is 14.8 Å². The lowest BCUT2D eigenvalue weighted by atomic mass is 10.0. The van der Waals surface area contributed by atoms with Gasteiger partial charge in [-0.2, -0.15) is 0 Å². The van der Waals surface area contributed by atoms with Crippen LogP contribution in [0.4, 0.5) is 20.3 Å². The molecule has 1 aliphatic rings. The number of methoxy groups -OCH3 is 1. The minimum absolute atomic E-state index is 0.0353. The first kappa shape index (κ1) is 30.5. The minimum Gasteiger partial charge on any atom is -0.480 e. The van der Waals surface area contributed by atoms with E-state index in [0.29, 0.717) is 59.8 Å². The number of aromatic nitrogens is 3. The Morgan fingerprint density at radius 1 is 1.00 bits per heavy atom. The normalized spacial score (nSPS) is 14.1. The smallest absolute Gasteiger partial charge is 0.264 e. The van der Waals surface area contributed by atoms with Gasteiger partial charge in [0.05, 0.1) is 12.6 Å². The number of ketones is 1. The molecule has 228 valence electrons. The fourth-order valence-electron chi connectivity index (χ4n) is 4.82. The van der Waals surface area contributed by atoms with Crippen molar-refractivity contribution in [2.45, 2.75) is 30.7 Å². The number of nitrogens with one attached hydrogen (secondary N) is 2. The summed E-state index contributed by atoms with van der Waals surface area (Å²) in [6.45, 7) is 2.43. The van der Waals surface area contributed by atoms with Gasteiger partial charge in [-0.25, -0.2) is 32.2 Å². The van der Waals surface area contributed by atoms with Crippen molar-refractivity contribution in [3.8, 4) is 17.0 Å². The van der Waals surface area contributed by atoms with Gasteiger partial charge in [-0.3, -0.25) is 14.3 Å². The largest absolute Gasteiger partial charge is 0.480 e. The van der Waals surface area contributed by atoms with Crippen molar-refractivity contribution in [3.63, 3.8) is 0 Å². The van der Waals surface area contributed by atoms with Crippen molar-refractivity contribution < 1.29 is 31.5 Å². The zero-order valence-corrected chi connectivity index (χ0v) is 24.6. The van der Waals surface area contributed by atoms with E-state index in [0.717, 1.165) is 12.1 Å². The molecule has 14 heteroatoms. The molecule has 1 amide bonds. The molecule has 11 nitrogen and oxygen atoms in total. The van der Waals surface area contributed by atoms with E-state index in [2.05, 4.69) is 25.0 Å². The second-order valence-corrected chi connectivity index (χ2v) is 11.8. The molecule has 2 aromatic carbocycles. The van der Waals surface area contributed by atoms with Crippen LogP contribution >= 0.6 is 0 Å². The van der Waals surface area contributed by atoms with Crippen molar-refractivity contribution in [1.29, 1.82) is 0 Å². The van der Waals surface area contributed by atoms with E-state index in [1.54, 1.807) is 17.0 Å². The molecular formula is C30H28F2N6O5S. The van der Waals surface area contributed by atoms with E-state index < -0.39 is 26.6 Å². The van der Waals surface area contributed by atoms with Gasteiger partial charge in [0.2, 0.25) is 11.8 Å². The highest BCUT2D eigenvalue weighted by Gasteiger charge is 2.24. The summed E-state index contributed by atoms with van der Waals surface area (Å²) in [7, 11) is -3.14. The van der Waals surface area contributed by atoms with Crippen LogP contribution in [0.5, 0.6) is 5.88 Å². The lowest BCUT2D eigenvalue weighted by Gasteiger charge is -2.32. The third-order valence-corrected chi connectivity index (χ3v) is 8.45. The summed E-state index contributed by atoms with van der Waals surface area (Å²) in [6.07, 6.45) is 6.85. The second-order valence-electron chi connectivity index (χ2n) is 10.1. The summed E-state index contributed by atoms with van der Waals surface area (Å²) in [4.78, 5) is 37.4. The predicted octanol–water partition coefficient (Wildman–Crippen LogP) is 4.33. The monoisotopic (exact) mass is 622 g/mol. The molecular weight excluding hydrogens is 594 g/mol. The topological polar surface area (TPSA) is 143 Å². The molecule has 0 saturated carbocycles. The van der Waals surface area contributed by atoms with Crippen LogP contribution in [-0.4, -0.2) is 66.2 Å².